The highest BCUT2D eigenvalue weighted by molar-refractivity contribution is 9.09. The van der Waals surface area contributed by atoms with Gasteiger partial charge in [0.05, 0.1) is 6.54 Å². The average molecular weight is 379 g/mol. The molecule has 0 rings (SSSR count). The Kier molecular flexibility index (Phi) is 15.1. The molecule has 132 valence electrons. The number of carbonyl (C=O) groups is 1. The smallest absolute Gasteiger partial charge is 0.250 e. The van der Waals surface area contributed by atoms with Crippen molar-refractivity contribution < 1.29 is 4.79 Å². The maximum absolute atomic E-state index is 11.6. The molecule has 0 fully saturated rings. The zero-order chi connectivity index (χ0) is 17.7. The van der Waals surface area contributed by atoms with E-state index in [1.54, 1.807) is 17.1 Å². The van der Waals surface area contributed by atoms with E-state index in [0.29, 0.717) is 11.2 Å². The van der Waals surface area contributed by atoms with E-state index in [1.807, 2.05) is 7.05 Å². The molecule has 5 nitrogen and oxygen atoms in total. The highest BCUT2D eigenvalue weighted by Gasteiger charge is 2.09. The molecule has 0 aromatic rings. The molecular formula is C16H35BrN4O. The van der Waals surface area contributed by atoms with E-state index >= 15 is 0 Å². The number of hydrazine groups is 2. The highest BCUT2D eigenvalue weighted by Crippen LogP contribution is 1.94. The number of nitrogens with zero attached hydrogens (tertiary/aromatic N) is 2. The summed E-state index contributed by atoms with van der Waals surface area (Å²) < 4.78 is 0. The first-order chi connectivity index (χ1) is 10.1. The second-order valence-corrected chi connectivity index (χ2v) is 6.88. The van der Waals surface area contributed by atoms with Crippen molar-refractivity contribution in [1.82, 2.24) is 20.9 Å². The lowest BCUT2D eigenvalue weighted by atomic mass is 10.2. The fourth-order valence-corrected chi connectivity index (χ4v) is 1.52. The molecular weight excluding hydrogens is 344 g/mol. The maximum Gasteiger partial charge on any atom is 0.250 e. The summed E-state index contributed by atoms with van der Waals surface area (Å²) in [6, 6.07) is 0. The predicted octanol–water partition coefficient (Wildman–Crippen LogP) is 3.00. The fourth-order valence-electron chi connectivity index (χ4n) is 1.40. The third-order valence-corrected chi connectivity index (χ3v) is 3.34. The zero-order valence-electron chi connectivity index (χ0n) is 15.4. The van der Waals surface area contributed by atoms with Gasteiger partial charge in [0.1, 0.15) is 0 Å². The van der Waals surface area contributed by atoms with Crippen molar-refractivity contribution >= 4 is 21.8 Å². The quantitative estimate of drug-likeness (QED) is 0.478. The number of amides is 1. The van der Waals surface area contributed by atoms with Crippen molar-refractivity contribution in [2.24, 2.45) is 11.8 Å². The number of nitrogens with one attached hydrogen (secondary N) is 2. The van der Waals surface area contributed by atoms with Crippen LogP contribution in [0.15, 0.2) is 12.3 Å². The lowest BCUT2D eigenvalue weighted by molar-refractivity contribution is -0.126. The molecule has 0 aromatic carbocycles. The Hall–Kier alpha value is -0.590. The molecule has 6 heteroatoms. The lowest BCUT2D eigenvalue weighted by Gasteiger charge is -2.23. The largest absolute Gasteiger partial charge is 0.322 e. The number of carbonyl (C=O) groups excluding carboxylic acids is 1. The number of likely N-dealkylation sites (N-methyl/N-ethyl adjacent to an activating group) is 1. The average Bonchev–Trinajstić information content (AvgIpc) is 2.37. The van der Waals surface area contributed by atoms with Gasteiger partial charge < -0.3 is 5.43 Å². The molecule has 0 spiro atoms. The molecule has 0 aliphatic carbocycles. The Bertz CT molecular complexity index is 309. The Morgan fingerprint density at radius 1 is 1.09 bits per heavy atom. The molecule has 0 aliphatic heterocycles. The van der Waals surface area contributed by atoms with E-state index in [0.717, 1.165) is 18.2 Å². The number of hydrogen-bond donors (Lipinski definition) is 2. The van der Waals surface area contributed by atoms with Gasteiger partial charge >= 0.3 is 0 Å². The molecule has 0 atom stereocenters. The second kappa shape index (κ2) is 14.0. The normalized spacial score (nSPS) is 10.7. The SMILES string of the molecule is C=C(CBr)NN(C)CC(=O)NN(C)CC(C)C.CCC(C)C. The first-order valence-electron chi connectivity index (χ1n) is 7.84. The molecule has 0 aromatic heterocycles. The summed E-state index contributed by atoms with van der Waals surface area (Å²) >= 11 is 3.28. The zero-order valence-corrected chi connectivity index (χ0v) is 17.0. The molecule has 1 amide bonds. The van der Waals surface area contributed by atoms with Crippen molar-refractivity contribution in [2.75, 3.05) is 32.5 Å². The second-order valence-electron chi connectivity index (χ2n) is 6.32. The minimum absolute atomic E-state index is 0.0504. The highest BCUT2D eigenvalue weighted by atomic mass is 79.9. The third kappa shape index (κ3) is 17.5. The van der Waals surface area contributed by atoms with Crippen LogP contribution >= 0.6 is 15.9 Å². The summed E-state index contributed by atoms with van der Waals surface area (Å²) in [5, 5.41) is 4.16. The summed E-state index contributed by atoms with van der Waals surface area (Å²) in [5.74, 6) is 1.35. The summed E-state index contributed by atoms with van der Waals surface area (Å²) in [4.78, 5) is 11.6. The van der Waals surface area contributed by atoms with Gasteiger partial charge in [0.25, 0.3) is 0 Å². The third-order valence-electron chi connectivity index (χ3n) is 2.66. The number of hydrogen-bond acceptors (Lipinski definition) is 4. The van der Waals surface area contributed by atoms with Gasteiger partial charge in [0, 0.05) is 31.7 Å². The monoisotopic (exact) mass is 378 g/mol. The van der Waals surface area contributed by atoms with E-state index in [4.69, 9.17) is 0 Å². The van der Waals surface area contributed by atoms with Crippen LogP contribution in [0.1, 0.15) is 41.0 Å². The van der Waals surface area contributed by atoms with E-state index in [9.17, 15) is 4.79 Å². The summed E-state index contributed by atoms with van der Waals surface area (Å²) in [5.41, 5.74) is 6.61. The van der Waals surface area contributed by atoms with Gasteiger partial charge in [-0.3, -0.25) is 10.2 Å². The fraction of sp³-hybridized carbons (Fsp3) is 0.812. The molecule has 0 aliphatic rings. The van der Waals surface area contributed by atoms with Crippen molar-refractivity contribution in [3.63, 3.8) is 0 Å². The van der Waals surface area contributed by atoms with Crippen LogP contribution in [-0.4, -0.2) is 48.4 Å². The number of alkyl halides is 1. The van der Waals surface area contributed by atoms with Crippen LogP contribution in [0.3, 0.4) is 0 Å². The van der Waals surface area contributed by atoms with Crippen molar-refractivity contribution in [3.8, 4) is 0 Å². The van der Waals surface area contributed by atoms with Gasteiger partial charge in [-0.2, -0.15) is 0 Å². The molecule has 0 heterocycles. The summed E-state index contributed by atoms with van der Waals surface area (Å²) in [6.45, 7) is 15.7. The summed E-state index contributed by atoms with van der Waals surface area (Å²) in [6.07, 6.45) is 1.31. The van der Waals surface area contributed by atoms with Gasteiger partial charge in [-0.25, -0.2) is 10.0 Å². The molecule has 22 heavy (non-hydrogen) atoms. The van der Waals surface area contributed by atoms with E-state index in [2.05, 4.69) is 68.0 Å². The van der Waals surface area contributed by atoms with Crippen LogP contribution in [-0.2, 0) is 4.79 Å². The first-order valence-corrected chi connectivity index (χ1v) is 8.96. The van der Waals surface area contributed by atoms with Gasteiger partial charge in [0.2, 0.25) is 5.91 Å². The first kappa shape index (κ1) is 23.7. The van der Waals surface area contributed by atoms with Crippen LogP contribution in [0.5, 0.6) is 0 Å². The van der Waals surface area contributed by atoms with Crippen LogP contribution in [0.2, 0.25) is 0 Å². The van der Waals surface area contributed by atoms with E-state index in [-0.39, 0.29) is 12.5 Å². The Balaban J connectivity index is 0. The number of rotatable bonds is 9. The molecule has 0 unspecified atom stereocenters. The van der Waals surface area contributed by atoms with Crippen LogP contribution in [0, 0.1) is 11.8 Å². The predicted molar refractivity (Wildman–Crippen MR) is 99.4 cm³/mol. The minimum Gasteiger partial charge on any atom is -0.322 e. The van der Waals surface area contributed by atoms with E-state index in [1.165, 1.54) is 6.42 Å². The van der Waals surface area contributed by atoms with Crippen LogP contribution in [0.25, 0.3) is 0 Å². The lowest BCUT2D eigenvalue weighted by Crippen LogP contribution is -2.48. The van der Waals surface area contributed by atoms with E-state index < -0.39 is 0 Å². The maximum atomic E-state index is 11.6. The Morgan fingerprint density at radius 3 is 1.95 bits per heavy atom. The Labute approximate surface area is 145 Å². The van der Waals surface area contributed by atoms with Crippen molar-refractivity contribution in [2.45, 2.75) is 41.0 Å². The molecule has 2 N–H and O–H groups in total. The number of allylic oxidation sites excluding steroid dienone is 1. The van der Waals surface area contributed by atoms with Gasteiger partial charge in [-0.05, 0) is 11.8 Å². The minimum atomic E-state index is -0.0504. The van der Waals surface area contributed by atoms with Crippen molar-refractivity contribution in [1.29, 1.82) is 0 Å². The molecule has 0 radical (unpaired) electrons. The van der Waals surface area contributed by atoms with Crippen LogP contribution in [0.4, 0.5) is 0 Å². The van der Waals surface area contributed by atoms with Gasteiger partial charge in [-0.1, -0.05) is 63.5 Å². The topological polar surface area (TPSA) is 47.6 Å². The summed E-state index contributed by atoms with van der Waals surface area (Å²) in [7, 11) is 3.67. The van der Waals surface area contributed by atoms with Crippen molar-refractivity contribution in [3.05, 3.63) is 12.3 Å². The van der Waals surface area contributed by atoms with Gasteiger partial charge in [-0.15, -0.1) is 0 Å². The van der Waals surface area contributed by atoms with Crippen LogP contribution < -0.4 is 10.9 Å². The standard InChI is InChI=1S/C11H23BrN4O.C5H12/c1-9(2)7-15(4)14-11(17)8-16(5)13-10(3)6-12;1-4-5(2)3/h9,13H,3,6-8H2,1-2,4-5H3,(H,14,17);5H,4H2,1-3H3. The molecule has 0 saturated carbocycles. The van der Waals surface area contributed by atoms with Gasteiger partial charge in [0.15, 0.2) is 0 Å². The molecule has 0 saturated heterocycles. The number of halogens is 1. The Morgan fingerprint density at radius 2 is 1.59 bits per heavy atom. The molecule has 0 bridgehead atoms.